The van der Waals surface area contributed by atoms with Gasteiger partial charge in [0.1, 0.15) is 5.38 Å². The number of rotatable bonds is 16. The van der Waals surface area contributed by atoms with Crippen molar-refractivity contribution in [2.24, 2.45) is 5.92 Å². The third-order valence-corrected chi connectivity index (χ3v) is 5.84. The van der Waals surface area contributed by atoms with Gasteiger partial charge in [-0.05, 0) is 30.3 Å². The van der Waals surface area contributed by atoms with Crippen molar-refractivity contribution in [2.75, 3.05) is 11.5 Å². The number of carbonyl (C=O) groups is 1. The monoisotopic (exact) mass is 350 g/mol. The lowest BCUT2D eigenvalue weighted by Crippen LogP contribution is -2.26. The standard InChI is InChI=1S/C18H35ClO2S/c1-3-5-7-8-9-10-11-12-13-16(17(19)18(20)21)15-22-14-6-4-2/h16-17H,3-15H2,1-2H3,(H,20,21). The lowest BCUT2D eigenvalue weighted by Gasteiger charge is -2.19. The summed E-state index contributed by atoms with van der Waals surface area (Å²) in [6.07, 6.45) is 13.6. The molecule has 4 heteroatoms. The molecule has 0 saturated heterocycles. The number of hydrogen-bond acceptors (Lipinski definition) is 2. The maximum atomic E-state index is 11.1. The van der Waals surface area contributed by atoms with Crippen LogP contribution in [0.15, 0.2) is 0 Å². The van der Waals surface area contributed by atoms with E-state index < -0.39 is 11.3 Å². The molecule has 2 unspecified atom stereocenters. The van der Waals surface area contributed by atoms with Gasteiger partial charge < -0.3 is 5.11 Å². The average molecular weight is 351 g/mol. The number of hydrogen-bond donors (Lipinski definition) is 1. The molecule has 0 spiro atoms. The third kappa shape index (κ3) is 12.6. The molecule has 0 saturated carbocycles. The highest BCUT2D eigenvalue weighted by molar-refractivity contribution is 7.99. The van der Waals surface area contributed by atoms with Crippen molar-refractivity contribution < 1.29 is 9.90 Å². The van der Waals surface area contributed by atoms with Crippen molar-refractivity contribution >= 4 is 29.3 Å². The lowest BCUT2D eigenvalue weighted by molar-refractivity contribution is -0.137. The molecule has 0 amide bonds. The van der Waals surface area contributed by atoms with Crippen molar-refractivity contribution in [1.29, 1.82) is 0 Å². The van der Waals surface area contributed by atoms with Crippen LogP contribution in [-0.2, 0) is 4.79 Å². The summed E-state index contributed by atoms with van der Waals surface area (Å²) < 4.78 is 0. The summed E-state index contributed by atoms with van der Waals surface area (Å²) in [5, 5.41) is 8.41. The van der Waals surface area contributed by atoms with E-state index in [1.165, 1.54) is 57.8 Å². The number of unbranched alkanes of at least 4 members (excludes halogenated alkanes) is 8. The summed E-state index contributed by atoms with van der Waals surface area (Å²) in [4.78, 5) is 11.1. The first-order valence-corrected chi connectivity index (χ1v) is 10.7. The van der Waals surface area contributed by atoms with E-state index in [9.17, 15) is 4.79 Å². The van der Waals surface area contributed by atoms with Gasteiger partial charge in [0.05, 0.1) is 0 Å². The Labute approximate surface area is 146 Å². The van der Waals surface area contributed by atoms with Gasteiger partial charge >= 0.3 is 5.97 Å². The Bertz CT molecular complexity index is 261. The molecule has 2 nitrogen and oxygen atoms in total. The number of thioether (sulfide) groups is 1. The predicted octanol–water partition coefficient (Wildman–Crippen LogP) is 6.36. The summed E-state index contributed by atoms with van der Waals surface area (Å²) in [5.74, 6) is 1.26. The first-order chi connectivity index (χ1) is 10.6. The highest BCUT2D eigenvalue weighted by atomic mass is 35.5. The second kappa shape index (κ2) is 16.0. The van der Waals surface area contributed by atoms with Gasteiger partial charge in [-0.3, -0.25) is 4.79 Å². The minimum atomic E-state index is -0.859. The van der Waals surface area contributed by atoms with E-state index in [2.05, 4.69) is 13.8 Å². The van der Waals surface area contributed by atoms with Crippen LogP contribution in [0.4, 0.5) is 0 Å². The maximum absolute atomic E-state index is 11.1. The minimum absolute atomic E-state index is 0.112. The van der Waals surface area contributed by atoms with Gasteiger partial charge in [0, 0.05) is 0 Å². The van der Waals surface area contributed by atoms with E-state index in [4.69, 9.17) is 16.7 Å². The largest absolute Gasteiger partial charge is 0.480 e. The molecule has 0 radical (unpaired) electrons. The highest BCUT2D eigenvalue weighted by Gasteiger charge is 2.25. The van der Waals surface area contributed by atoms with Crippen LogP contribution in [-0.4, -0.2) is 28.0 Å². The van der Waals surface area contributed by atoms with Crippen molar-refractivity contribution in [3.63, 3.8) is 0 Å². The van der Waals surface area contributed by atoms with Crippen LogP contribution in [0.5, 0.6) is 0 Å². The third-order valence-electron chi connectivity index (χ3n) is 4.05. The quantitative estimate of drug-likeness (QED) is 0.260. The zero-order valence-electron chi connectivity index (χ0n) is 14.5. The summed E-state index contributed by atoms with van der Waals surface area (Å²) >= 11 is 7.94. The molecular formula is C18H35ClO2S. The summed E-state index contributed by atoms with van der Waals surface area (Å²) in [5.41, 5.74) is 0. The Morgan fingerprint density at radius 1 is 0.955 bits per heavy atom. The van der Waals surface area contributed by atoms with Gasteiger partial charge in [-0.2, -0.15) is 11.8 Å². The molecule has 0 aliphatic heterocycles. The van der Waals surface area contributed by atoms with Crippen LogP contribution in [0.1, 0.15) is 84.5 Å². The van der Waals surface area contributed by atoms with Crippen LogP contribution in [0, 0.1) is 5.92 Å². The molecule has 0 fully saturated rings. The van der Waals surface area contributed by atoms with Gasteiger partial charge in [-0.1, -0.05) is 71.6 Å². The van der Waals surface area contributed by atoms with Crippen molar-refractivity contribution in [1.82, 2.24) is 0 Å². The maximum Gasteiger partial charge on any atom is 0.321 e. The zero-order valence-corrected chi connectivity index (χ0v) is 16.1. The molecule has 1 N–H and O–H groups in total. The van der Waals surface area contributed by atoms with Crippen molar-refractivity contribution in [3.05, 3.63) is 0 Å². The molecule has 0 rings (SSSR count). The van der Waals surface area contributed by atoms with Gasteiger partial charge in [-0.25, -0.2) is 0 Å². The number of carboxylic acid groups (broad SMARTS) is 1. The molecule has 0 aromatic heterocycles. The van der Waals surface area contributed by atoms with E-state index in [0.29, 0.717) is 0 Å². The molecule has 0 aliphatic rings. The summed E-state index contributed by atoms with van der Waals surface area (Å²) in [6, 6.07) is 0. The fourth-order valence-electron chi connectivity index (χ4n) is 2.54. The molecule has 0 aliphatic carbocycles. The van der Waals surface area contributed by atoms with Crippen LogP contribution >= 0.6 is 23.4 Å². The number of carboxylic acids is 1. The molecule has 22 heavy (non-hydrogen) atoms. The smallest absolute Gasteiger partial charge is 0.321 e. The molecule has 2 atom stereocenters. The van der Waals surface area contributed by atoms with Gasteiger partial charge in [0.25, 0.3) is 0 Å². The van der Waals surface area contributed by atoms with Crippen LogP contribution < -0.4 is 0 Å². The van der Waals surface area contributed by atoms with Gasteiger partial charge in [0.15, 0.2) is 0 Å². The Morgan fingerprint density at radius 2 is 1.50 bits per heavy atom. The first-order valence-electron chi connectivity index (χ1n) is 9.08. The molecule has 0 bridgehead atoms. The zero-order chi connectivity index (χ0) is 16.6. The normalized spacial score (nSPS) is 14.0. The predicted molar refractivity (Wildman–Crippen MR) is 100 cm³/mol. The highest BCUT2D eigenvalue weighted by Crippen LogP contribution is 2.24. The Balaban J connectivity index is 3.80. The van der Waals surface area contributed by atoms with Gasteiger partial charge in [0.2, 0.25) is 0 Å². The van der Waals surface area contributed by atoms with E-state index in [1.807, 2.05) is 11.8 Å². The Hall–Kier alpha value is 0.110. The molecule has 0 aromatic rings. The number of halogens is 1. The first kappa shape index (κ1) is 22.1. The molecule has 0 aromatic carbocycles. The van der Waals surface area contributed by atoms with E-state index in [0.717, 1.165) is 24.3 Å². The Kier molecular flexibility index (Phi) is 16.1. The number of aliphatic carboxylic acids is 1. The van der Waals surface area contributed by atoms with E-state index in [1.54, 1.807) is 0 Å². The second-order valence-corrected chi connectivity index (χ2v) is 7.81. The molecule has 0 heterocycles. The van der Waals surface area contributed by atoms with E-state index >= 15 is 0 Å². The van der Waals surface area contributed by atoms with Crippen LogP contribution in [0.3, 0.4) is 0 Å². The van der Waals surface area contributed by atoms with Crippen molar-refractivity contribution in [2.45, 2.75) is 89.9 Å². The minimum Gasteiger partial charge on any atom is -0.480 e. The van der Waals surface area contributed by atoms with Crippen LogP contribution in [0.2, 0.25) is 0 Å². The fourth-order valence-corrected chi connectivity index (χ4v) is 4.18. The fraction of sp³-hybridized carbons (Fsp3) is 0.944. The molecule has 132 valence electrons. The molecular weight excluding hydrogens is 316 g/mol. The van der Waals surface area contributed by atoms with Crippen molar-refractivity contribution in [3.8, 4) is 0 Å². The number of alkyl halides is 1. The van der Waals surface area contributed by atoms with E-state index in [-0.39, 0.29) is 5.92 Å². The second-order valence-electron chi connectivity index (χ2n) is 6.19. The Morgan fingerprint density at radius 3 is 2.05 bits per heavy atom. The summed E-state index contributed by atoms with van der Waals surface area (Å²) in [7, 11) is 0. The van der Waals surface area contributed by atoms with Gasteiger partial charge in [-0.15, -0.1) is 11.6 Å². The lowest BCUT2D eigenvalue weighted by atomic mass is 9.98. The average Bonchev–Trinajstić information content (AvgIpc) is 2.51. The topological polar surface area (TPSA) is 37.3 Å². The van der Waals surface area contributed by atoms with Crippen LogP contribution in [0.25, 0.3) is 0 Å². The SMILES string of the molecule is CCCCCCCCCCC(CSCCCC)C(Cl)C(=O)O. The summed E-state index contributed by atoms with van der Waals surface area (Å²) in [6.45, 7) is 4.42.